The summed E-state index contributed by atoms with van der Waals surface area (Å²) in [4.78, 5) is 16.3. The maximum atomic E-state index is 12.8. The number of aryl methyl sites for hydroxylation is 1. The lowest BCUT2D eigenvalue weighted by atomic mass is 9.87. The van der Waals surface area contributed by atoms with Crippen LogP contribution in [0.5, 0.6) is 5.75 Å². The fraction of sp³-hybridized carbons (Fsp3) is 0.400. The van der Waals surface area contributed by atoms with E-state index in [1.165, 1.54) is 10.9 Å². The van der Waals surface area contributed by atoms with Crippen LogP contribution >= 0.6 is 0 Å². The summed E-state index contributed by atoms with van der Waals surface area (Å²) < 4.78 is 5.63. The molecule has 0 aliphatic carbocycles. The van der Waals surface area contributed by atoms with E-state index in [9.17, 15) is 4.79 Å². The summed E-state index contributed by atoms with van der Waals surface area (Å²) in [6.45, 7) is 7.21. The van der Waals surface area contributed by atoms with Gasteiger partial charge in [0.1, 0.15) is 5.75 Å². The van der Waals surface area contributed by atoms with E-state index in [2.05, 4.69) is 61.5 Å². The van der Waals surface area contributed by atoms with Crippen LogP contribution in [0.1, 0.15) is 56.2 Å². The van der Waals surface area contributed by atoms with Gasteiger partial charge in [0.2, 0.25) is 5.91 Å². The van der Waals surface area contributed by atoms with Gasteiger partial charge in [-0.1, -0.05) is 57.2 Å². The van der Waals surface area contributed by atoms with Crippen LogP contribution in [-0.2, 0) is 11.2 Å². The monoisotopic (exact) mass is 392 g/mol. The molecule has 3 rings (SSSR count). The standard InChI is InChI=1S/C25H32N2O2/c1-5-18-9-8-11-20-22(16-27-25(18)20)21(15-24(28)26-14-13-17(2)3)19-10-6-7-12-23(19)29-4/h6-12,16-17,21,27H,5,13-15H2,1-4H3,(H,26,28)/t21-/m1/s1. The van der Waals surface area contributed by atoms with Crippen molar-refractivity contribution in [2.24, 2.45) is 5.92 Å². The van der Waals surface area contributed by atoms with Crippen LogP contribution in [0.4, 0.5) is 0 Å². The zero-order valence-corrected chi connectivity index (χ0v) is 17.9. The average molecular weight is 393 g/mol. The zero-order valence-electron chi connectivity index (χ0n) is 17.9. The number of ether oxygens (including phenoxy) is 1. The maximum absolute atomic E-state index is 12.8. The molecule has 0 saturated heterocycles. The number of nitrogens with one attached hydrogen (secondary N) is 2. The smallest absolute Gasteiger partial charge is 0.220 e. The van der Waals surface area contributed by atoms with Crippen molar-refractivity contribution in [2.45, 2.75) is 46.0 Å². The summed E-state index contributed by atoms with van der Waals surface area (Å²) in [5, 5.41) is 4.27. The van der Waals surface area contributed by atoms with Crippen LogP contribution in [0.25, 0.3) is 10.9 Å². The number of para-hydroxylation sites is 2. The maximum Gasteiger partial charge on any atom is 0.220 e. The van der Waals surface area contributed by atoms with E-state index >= 15 is 0 Å². The number of H-pyrrole nitrogens is 1. The summed E-state index contributed by atoms with van der Waals surface area (Å²) in [6, 6.07) is 14.4. The van der Waals surface area contributed by atoms with Gasteiger partial charge in [-0.3, -0.25) is 4.79 Å². The minimum absolute atomic E-state index is 0.0718. The van der Waals surface area contributed by atoms with Gasteiger partial charge in [0.15, 0.2) is 0 Å². The normalized spacial score (nSPS) is 12.3. The number of aromatic nitrogens is 1. The number of amides is 1. The molecule has 1 atom stereocenters. The van der Waals surface area contributed by atoms with E-state index in [0.717, 1.165) is 35.2 Å². The van der Waals surface area contributed by atoms with Crippen molar-refractivity contribution in [3.05, 3.63) is 65.4 Å². The Bertz CT molecular complexity index is 958. The number of carbonyl (C=O) groups excluding carboxylic acids is 1. The Kier molecular flexibility index (Phi) is 6.97. The predicted octanol–water partition coefficient (Wildman–Crippen LogP) is 5.42. The molecule has 3 aromatic rings. The molecular weight excluding hydrogens is 360 g/mol. The molecule has 29 heavy (non-hydrogen) atoms. The van der Waals surface area contributed by atoms with Crippen LogP contribution in [0, 0.1) is 5.92 Å². The van der Waals surface area contributed by atoms with Gasteiger partial charge in [0.25, 0.3) is 0 Å². The zero-order chi connectivity index (χ0) is 20.8. The first-order chi connectivity index (χ1) is 14.0. The molecule has 0 aliphatic rings. The molecule has 1 heterocycles. The van der Waals surface area contributed by atoms with Crippen molar-refractivity contribution >= 4 is 16.8 Å². The van der Waals surface area contributed by atoms with Crippen molar-refractivity contribution in [1.82, 2.24) is 10.3 Å². The lowest BCUT2D eigenvalue weighted by Crippen LogP contribution is -2.27. The molecule has 1 aromatic heterocycles. The molecule has 4 heteroatoms. The number of hydrogen-bond donors (Lipinski definition) is 2. The molecule has 0 aliphatic heterocycles. The molecule has 0 bridgehead atoms. The summed E-state index contributed by atoms with van der Waals surface area (Å²) in [7, 11) is 1.68. The number of benzene rings is 2. The highest BCUT2D eigenvalue weighted by Gasteiger charge is 2.24. The van der Waals surface area contributed by atoms with Gasteiger partial charge in [0, 0.05) is 41.5 Å². The first-order valence-corrected chi connectivity index (χ1v) is 10.5. The van der Waals surface area contributed by atoms with Crippen molar-refractivity contribution in [1.29, 1.82) is 0 Å². The van der Waals surface area contributed by atoms with Crippen LogP contribution in [-0.4, -0.2) is 24.5 Å². The molecule has 0 unspecified atom stereocenters. The molecule has 0 saturated carbocycles. The Balaban J connectivity index is 1.99. The molecule has 154 valence electrons. The molecule has 2 aromatic carbocycles. The third-order valence-corrected chi connectivity index (χ3v) is 5.54. The second-order valence-electron chi connectivity index (χ2n) is 7.97. The number of fused-ring (bicyclic) bond motifs is 1. The Labute approximate surface area is 173 Å². The highest BCUT2D eigenvalue weighted by atomic mass is 16.5. The third kappa shape index (κ3) is 4.81. The SMILES string of the molecule is CCc1cccc2c([C@H](CC(=O)NCCC(C)C)c3ccccc3OC)c[nH]c12. The van der Waals surface area contributed by atoms with Crippen LogP contribution < -0.4 is 10.1 Å². The van der Waals surface area contributed by atoms with Crippen molar-refractivity contribution in [2.75, 3.05) is 13.7 Å². The molecule has 0 radical (unpaired) electrons. The van der Waals surface area contributed by atoms with Gasteiger partial charge in [-0.05, 0) is 36.0 Å². The van der Waals surface area contributed by atoms with E-state index in [1.807, 2.05) is 18.2 Å². The fourth-order valence-electron chi connectivity index (χ4n) is 3.92. The topological polar surface area (TPSA) is 54.1 Å². The van der Waals surface area contributed by atoms with Crippen LogP contribution in [0.3, 0.4) is 0 Å². The van der Waals surface area contributed by atoms with E-state index < -0.39 is 0 Å². The molecule has 4 nitrogen and oxygen atoms in total. The van der Waals surface area contributed by atoms with Crippen molar-refractivity contribution < 1.29 is 9.53 Å². The van der Waals surface area contributed by atoms with E-state index in [4.69, 9.17) is 4.74 Å². The van der Waals surface area contributed by atoms with Crippen molar-refractivity contribution in [3.8, 4) is 5.75 Å². The van der Waals surface area contributed by atoms with Crippen LogP contribution in [0.15, 0.2) is 48.7 Å². The van der Waals surface area contributed by atoms with Gasteiger partial charge in [0.05, 0.1) is 7.11 Å². The summed E-state index contributed by atoms with van der Waals surface area (Å²) in [5.74, 6) is 1.38. The quantitative estimate of drug-likeness (QED) is 0.511. The van der Waals surface area contributed by atoms with Crippen molar-refractivity contribution in [3.63, 3.8) is 0 Å². The second-order valence-corrected chi connectivity index (χ2v) is 7.97. The summed E-state index contributed by atoms with van der Waals surface area (Å²) in [5.41, 5.74) is 4.62. The number of aromatic amines is 1. The fourth-order valence-corrected chi connectivity index (χ4v) is 3.92. The van der Waals surface area contributed by atoms with E-state index in [0.29, 0.717) is 18.9 Å². The third-order valence-electron chi connectivity index (χ3n) is 5.54. The lowest BCUT2D eigenvalue weighted by Gasteiger charge is -2.20. The highest BCUT2D eigenvalue weighted by molar-refractivity contribution is 5.88. The minimum atomic E-state index is -0.0777. The summed E-state index contributed by atoms with van der Waals surface area (Å²) in [6.07, 6.45) is 4.40. The minimum Gasteiger partial charge on any atom is -0.496 e. The average Bonchev–Trinajstić information content (AvgIpc) is 3.15. The van der Waals surface area contributed by atoms with E-state index in [1.54, 1.807) is 7.11 Å². The number of carbonyl (C=O) groups is 1. The second kappa shape index (κ2) is 9.64. The number of rotatable bonds is 9. The van der Waals surface area contributed by atoms with Gasteiger partial charge in [-0.2, -0.15) is 0 Å². The first kappa shape index (κ1) is 21.0. The molecular formula is C25H32N2O2. The van der Waals surface area contributed by atoms with Gasteiger partial charge in [-0.15, -0.1) is 0 Å². The Morgan fingerprint density at radius 1 is 1.10 bits per heavy atom. The van der Waals surface area contributed by atoms with Crippen LogP contribution in [0.2, 0.25) is 0 Å². The Hall–Kier alpha value is -2.75. The predicted molar refractivity (Wildman–Crippen MR) is 120 cm³/mol. The lowest BCUT2D eigenvalue weighted by molar-refractivity contribution is -0.121. The number of methoxy groups -OCH3 is 1. The molecule has 2 N–H and O–H groups in total. The Morgan fingerprint density at radius 2 is 1.90 bits per heavy atom. The molecule has 1 amide bonds. The highest BCUT2D eigenvalue weighted by Crippen LogP contribution is 2.38. The molecule has 0 spiro atoms. The van der Waals surface area contributed by atoms with E-state index in [-0.39, 0.29) is 11.8 Å². The van der Waals surface area contributed by atoms with Gasteiger partial charge < -0.3 is 15.0 Å². The number of hydrogen-bond acceptors (Lipinski definition) is 2. The first-order valence-electron chi connectivity index (χ1n) is 10.5. The van der Waals surface area contributed by atoms with Gasteiger partial charge >= 0.3 is 0 Å². The largest absolute Gasteiger partial charge is 0.496 e. The summed E-state index contributed by atoms with van der Waals surface area (Å²) >= 11 is 0. The molecule has 0 fully saturated rings. The Morgan fingerprint density at radius 3 is 2.62 bits per heavy atom. The van der Waals surface area contributed by atoms with Gasteiger partial charge in [-0.25, -0.2) is 0 Å².